The Labute approximate surface area is 81.9 Å². The molecule has 13 heavy (non-hydrogen) atoms. The molecule has 0 amide bonds. The summed E-state index contributed by atoms with van der Waals surface area (Å²) in [5.74, 6) is 0. The molecular formula is C11H17OSi. The van der Waals surface area contributed by atoms with Crippen molar-refractivity contribution in [2.75, 3.05) is 6.61 Å². The van der Waals surface area contributed by atoms with Crippen molar-refractivity contribution in [3.8, 4) is 0 Å². The molecule has 0 unspecified atom stereocenters. The van der Waals surface area contributed by atoms with E-state index in [0.29, 0.717) is 0 Å². The van der Waals surface area contributed by atoms with Gasteiger partial charge in [0.15, 0.2) is 8.32 Å². The third-order valence-electron chi connectivity index (χ3n) is 1.68. The quantitative estimate of drug-likeness (QED) is 0.668. The van der Waals surface area contributed by atoms with E-state index in [9.17, 15) is 0 Å². The van der Waals surface area contributed by atoms with E-state index in [-0.39, 0.29) is 0 Å². The summed E-state index contributed by atoms with van der Waals surface area (Å²) in [6, 6.07) is 11.3. The van der Waals surface area contributed by atoms with Crippen molar-refractivity contribution in [1.82, 2.24) is 0 Å². The van der Waals surface area contributed by atoms with Crippen molar-refractivity contribution in [3.05, 3.63) is 35.9 Å². The van der Waals surface area contributed by atoms with Gasteiger partial charge < -0.3 is 4.43 Å². The summed E-state index contributed by atoms with van der Waals surface area (Å²) < 4.78 is 5.75. The predicted octanol–water partition coefficient (Wildman–Crippen LogP) is 2.88. The second kappa shape index (κ2) is 4.58. The zero-order valence-electron chi connectivity index (χ0n) is 8.63. The average molecular weight is 193 g/mol. The first-order valence-electron chi connectivity index (χ1n) is 4.67. The van der Waals surface area contributed by atoms with Crippen molar-refractivity contribution in [2.24, 2.45) is 0 Å². The molecule has 1 aromatic rings. The van der Waals surface area contributed by atoms with E-state index in [1.807, 2.05) is 18.2 Å². The fourth-order valence-electron chi connectivity index (χ4n) is 1.05. The Bertz CT molecular complexity index is 238. The molecule has 0 fully saturated rings. The first-order valence-corrected chi connectivity index (χ1v) is 8.08. The van der Waals surface area contributed by atoms with Crippen LogP contribution in [0, 0.1) is 6.07 Å². The molecule has 0 saturated heterocycles. The van der Waals surface area contributed by atoms with Gasteiger partial charge in [0, 0.05) is 6.61 Å². The SMILES string of the molecule is C[Si](C)(C)OCCc1[c]cccc1. The first-order chi connectivity index (χ1) is 6.08. The maximum Gasteiger partial charge on any atom is 0.183 e. The summed E-state index contributed by atoms with van der Waals surface area (Å²) >= 11 is 0. The van der Waals surface area contributed by atoms with Gasteiger partial charge in [0.1, 0.15) is 0 Å². The van der Waals surface area contributed by atoms with Gasteiger partial charge in [0.25, 0.3) is 0 Å². The lowest BCUT2D eigenvalue weighted by Crippen LogP contribution is -2.26. The van der Waals surface area contributed by atoms with Crippen LogP contribution in [-0.2, 0) is 10.8 Å². The van der Waals surface area contributed by atoms with Crippen LogP contribution < -0.4 is 0 Å². The van der Waals surface area contributed by atoms with Crippen LogP contribution in [0.1, 0.15) is 5.56 Å². The number of hydrogen-bond acceptors (Lipinski definition) is 1. The molecule has 0 N–H and O–H groups in total. The van der Waals surface area contributed by atoms with Gasteiger partial charge in [-0.25, -0.2) is 0 Å². The van der Waals surface area contributed by atoms with Gasteiger partial charge in [-0.05, 0) is 37.7 Å². The summed E-state index contributed by atoms with van der Waals surface area (Å²) in [5, 5.41) is 0. The Morgan fingerprint density at radius 3 is 2.62 bits per heavy atom. The van der Waals surface area contributed by atoms with Gasteiger partial charge in [-0.15, -0.1) is 0 Å². The average Bonchev–Trinajstić information content (AvgIpc) is 2.04. The molecule has 0 atom stereocenters. The molecular weight excluding hydrogens is 176 g/mol. The van der Waals surface area contributed by atoms with E-state index >= 15 is 0 Å². The van der Waals surface area contributed by atoms with Crippen molar-refractivity contribution < 1.29 is 4.43 Å². The molecule has 0 heterocycles. The lowest BCUT2D eigenvalue weighted by Gasteiger charge is -2.16. The zero-order valence-corrected chi connectivity index (χ0v) is 9.63. The highest BCUT2D eigenvalue weighted by Gasteiger charge is 2.13. The van der Waals surface area contributed by atoms with Gasteiger partial charge >= 0.3 is 0 Å². The van der Waals surface area contributed by atoms with Crippen LogP contribution in [0.15, 0.2) is 24.3 Å². The lowest BCUT2D eigenvalue weighted by atomic mass is 10.2. The Hall–Kier alpha value is -0.603. The number of rotatable bonds is 4. The first kappa shape index (κ1) is 10.5. The highest BCUT2D eigenvalue weighted by atomic mass is 28.4. The highest BCUT2D eigenvalue weighted by Crippen LogP contribution is 2.05. The van der Waals surface area contributed by atoms with E-state index in [4.69, 9.17) is 4.43 Å². The fourth-order valence-corrected chi connectivity index (χ4v) is 1.77. The minimum Gasteiger partial charge on any atom is -0.417 e. The summed E-state index contributed by atoms with van der Waals surface area (Å²) in [6.07, 6.45) is 0.977. The molecule has 0 bridgehead atoms. The molecule has 1 aromatic carbocycles. The van der Waals surface area contributed by atoms with Crippen LogP contribution in [-0.4, -0.2) is 14.9 Å². The second-order valence-electron chi connectivity index (χ2n) is 4.10. The second-order valence-corrected chi connectivity index (χ2v) is 8.61. The normalized spacial score (nSPS) is 11.6. The molecule has 0 aliphatic carbocycles. The Balaban J connectivity index is 2.29. The van der Waals surface area contributed by atoms with E-state index in [2.05, 4.69) is 31.8 Å². The number of hydrogen-bond donors (Lipinski definition) is 0. The van der Waals surface area contributed by atoms with Gasteiger partial charge in [-0.1, -0.05) is 24.3 Å². The lowest BCUT2D eigenvalue weighted by molar-refractivity contribution is 0.316. The van der Waals surface area contributed by atoms with Crippen molar-refractivity contribution in [3.63, 3.8) is 0 Å². The molecule has 2 heteroatoms. The summed E-state index contributed by atoms with van der Waals surface area (Å²) in [7, 11) is -1.32. The van der Waals surface area contributed by atoms with E-state index < -0.39 is 8.32 Å². The molecule has 1 rings (SSSR count). The van der Waals surface area contributed by atoms with Crippen LogP contribution >= 0.6 is 0 Å². The summed E-state index contributed by atoms with van der Waals surface area (Å²) in [4.78, 5) is 0. The maximum atomic E-state index is 5.75. The van der Waals surface area contributed by atoms with Gasteiger partial charge in [-0.2, -0.15) is 0 Å². The van der Waals surface area contributed by atoms with Gasteiger partial charge in [0.2, 0.25) is 0 Å². The monoisotopic (exact) mass is 193 g/mol. The van der Waals surface area contributed by atoms with Crippen LogP contribution in [0.3, 0.4) is 0 Å². The zero-order chi connectivity index (χ0) is 9.73. The van der Waals surface area contributed by atoms with Crippen LogP contribution in [0.25, 0.3) is 0 Å². The third-order valence-corrected chi connectivity index (χ3v) is 2.75. The van der Waals surface area contributed by atoms with Crippen molar-refractivity contribution in [2.45, 2.75) is 26.1 Å². The van der Waals surface area contributed by atoms with E-state index in [1.54, 1.807) is 0 Å². The Morgan fingerprint density at radius 1 is 1.31 bits per heavy atom. The van der Waals surface area contributed by atoms with Crippen LogP contribution in [0.4, 0.5) is 0 Å². The highest BCUT2D eigenvalue weighted by molar-refractivity contribution is 6.69. The Morgan fingerprint density at radius 2 is 2.08 bits per heavy atom. The molecule has 1 nitrogen and oxygen atoms in total. The maximum absolute atomic E-state index is 5.75. The third kappa shape index (κ3) is 4.86. The standard InChI is InChI=1S/C11H17OSi/c1-13(2,3)12-10-9-11-7-5-4-6-8-11/h4-7H,9-10H2,1-3H3. The van der Waals surface area contributed by atoms with Gasteiger partial charge in [0.05, 0.1) is 0 Å². The molecule has 0 spiro atoms. The molecule has 0 aliphatic rings. The minimum atomic E-state index is -1.32. The molecule has 0 aromatic heterocycles. The van der Waals surface area contributed by atoms with Crippen molar-refractivity contribution >= 4 is 8.32 Å². The smallest absolute Gasteiger partial charge is 0.183 e. The molecule has 0 aliphatic heterocycles. The molecule has 71 valence electrons. The summed E-state index contributed by atoms with van der Waals surface area (Å²) in [6.45, 7) is 7.46. The molecule has 0 saturated carbocycles. The molecule has 1 radical (unpaired) electrons. The minimum absolute atomic E-state index is 0.830. The summed E-state index contributed by atoms with van der Waals surface area (Å²) in [5.41, 5.74) is 1.24. The topological polar surface area (TPSA) is 9.23 Å². The number of benzene rings is 1. The van der Waals surface area contributed by atoms with E-state index in [1.165, 1.54) is 5.56 Å². The fraction of sp³-hybridized carbons (Fsp3) is 0.455. The van der Waals surface area contributed by atoms with Crippen LogP contribution in [0.2, 0.25) is 19.6 Å². The largest absolute Gasteiger partial charge is 0.417 e. The van der Waals surface area contributed by atoms with Gasteiger partial charge in [-0.3, -0.25) is 0 Å². The van der Waals surface area contributed by atoms with Crippen LogP contribution in [0.5, 0.6) is 0 Å². The Kier molecular flexibility index (Phi) is 3.69. The predicted molar refractivity (Wildman–Crippen MR) is 58.3 cm³/mol. The van der Waals surface area contributed by atoms with Crippen molar-refractivity contribution in [1.29, 1.82) is 0 Å². The van der Waals surface area contributed by atoms with E-state index in [0.717, 1.165) is 13.0 Å².